The quantitative estimate of drug-likeness (QED) is 0.829. The third-order valence-electron chi connectivity index (χ3n) is 3.96. The molecule has 0 aliphatic heterocycles. The van der Waals surface area contributed by atoms with Gasteiger partial charge in [0.15, 0.2) is 0 Å². The number of hydrogen-bond donors (Lipinski definition) is 1. The van der Waals surface area contributed by atoms with Gasteiger partial charge in [0.1, 0.15) is 0 Å². The van der Waals surface area contributed by atoms with Crippen molar-refractivity contribution in [2.75, 3.05) is 5.73 Å². The van der Waals surface area contributed by atoms with E-state index in [0.29, 0.717) is 12.1 Å². The monoisotopic (exact) mass is 284 g/mol. The average Bonchev–Trinajstić information content (AvgIpc) is 3.18. The number of aromatic nitrogens is 2. The fraction of sp³-hybridized carbons (Fsp3) is 0.471. The molecular weight excluding hydrogens is 260 g/mol. The first-order chi connectivity index (χ1) is 10.1. The van der Waals surface area contributed by atoms with Gasteiger partial charge in [0.05, 0.1) is 5.69 Å². The minimum absolute atomic E-state index is 0.419. The normalized spacial score (nSPS) is 15.0. The topological polar surface area (TPSA) is 47.1 Å². The van der Waals surface area contributed by atoms with Crippen molar-refractivity contribution in [3.05, 3.63) is 47.8 Å². The standard InChI is InChI=1S/C17H24N4/c1-13(2)21-9-8-16(19-21)12-20(17-6-7-17)11-14-4-3-5-15(18)10-14/h3-5,8-10,13,17H,6-7,11-12,18H2,1-2H3. The lowest BCUT2D eigenvalue weighted by Crippen LogP contribution is -2.25. The van der Waals surface area contributed by atoms with Gasteiger partial charge in [-0.05, 0) is 50.5 Å². The Balaban J connectivity index is 1.69. The number of hydrogen-bond acceptors (Lipinski definition) is 3. The third-order valence-corrected chi connectivity index (χ3v) is 3.96. The molecule has 0 amide bonds. The minimum Gasteiger partial charge on any atom is -0.399 e. The van der Waals surface area contributed by atoms with Gasteiger partial charge in [-0.15, -0.1) is 0 Å². The number of nitrogens with two attached hydrogens (primary N) is 1. The Morgan fingerprint density at radius 2 is 2.10 bits per heavy atom. The first kappa shape index (κ1) is 14.1. The Labute approximate surface area is 126 Å². The highest BCUT2D eigenvalue weighted by atomic mass is 15.3. The zero-order chi connectivity index (χ0) is 14.8. The molecule has 1 aromatic carbocycles. The van der Waals surface area contributed by atoms with Gasteiger partial charge in [-0.3, -0.25) is 9.58 Å². The van der Waals surface area contributed by atoms with Crippen molar-refractivity contribution in [1.82, 2.24) is 14.7 Å². The number of nitrogens with zero attached hydrogens (tertiary/aromatic N) is 3. The van der Waals surface area contributed by atoms with Crippen LogP contribution in [0.2, 0.25) is 0 Å². The summed E-state index contributed by atoms with van der Waals surface area (Å²) in [5.41, 5.74) is 9.16. The molecule has 0 spiro atoms. The molecule has 1 aromatic heterocycles. The van der Waals surface area contributed by atoms with Crippen molar-refractivity contribution in [3.8, 4) is 0 Å². The van der Waals surface area contributed by atoms with Gasteiger partial charge < -0.3 is 5.73 Å². The number of nitrogen functional groups attached to an aromatic ring is 1. The van der Waals surface area contributed by atoms with Crippen molar-refractivity contribution >= 4 is 5.69 Å². The molecule has 2 aromatic rings. The van der Waals surface area contributed by atoms with Gasteiger partial charge in [-0.25, -0.2) is 0 Å². The molecule has 1 fully saturated rings. The van der Waals surface area contributed by atoms with Crippen LogP contribution in [0.4, 0.5) is 5.69 Å². The van der Waals surface area contributed by atoms with Crippen LogP contribution >= 0.6 is 0 Å². The molecule has 112 valence electrons. The van der Waals surface area contributed by atoms with Crippen LogP contribution in [-0.4, -0.2) is 20.7 Å². The van der Waals surface area contributed by atoms with E-state index in [9.17, 15) is 0 Å². The summed E-state index contributed by atoms with van der Waals surface area (Å²) >= 11 is 0. The summed E-state index contributed by atoms with van der Waals surface area (Å²) < 4.78 is 2.03. The Kier molecular flexibility index (Phi) is 3.97. The molecular formula is C17H24N4. The molecule has 21 heavy (non-hydrogen) atoms. The molecule has 0 saturated heterocycles. The van der Waals surface area contributed by atoms with Crippen molar-refractivity contribution < 1.29 is 0 Å². The van der Waals surface area contributed by atoms with E-state index in [-0.39, 0.29) is 0 Å². The first-order valence-corrected chi connectivity index (χ1v) is 7.74. The van der Waals surface area contributed by atoms with Crippen LogP contribution in [0.5, 0.6) is 0 Å². The van der Waals surface area contributed by atoms with Crippen LogP contribution < -0.4 is 5.73 Å². The fourth-order valence-corrected chi connectivity index (χ4v) is 2.64. The van der Waals surface area contributed by atoms with Crippen LogP contribution in [0, 0.1) is 0 Å². The largest absolute Gasteiger partial charge is 0.399 e. The SMILES string of the molecule is CC(C)n1ccc(CN(Cc2cccc(N)c2)C2CC2)n1. The lowest BCUT2D eigenvalue weighted by atomic mass is 10.2. The molecule has 0 atom stereocenters. The zero-order valence-corrected chi connectivity index (χ0v) is 12.9. The summed E-state index contributed by atoms with van der Waals surface area (Å²) in [6.07, 6.45) is 4.67. The maximum absolute atomic E-state index is 5.88. The van der Waals surface area contributed by atoms with Gasteiger partial charge >= 0.3 is 0 Å². The second-order valence-electron chi connectivity index (χ2n) is 6.26. The molecule has 0 unspecified atom stereocenters. The van der Waals surface area contributed by atoms with E-state index in [2.05, 4.69) is 48.2 Å². The summed E-state index contributed by atoms with van der Waals surface area (Å²) in [6.45, 7) is 6.17. The summed E-state index contributed by atoms with van der Waals surface area (Å²) in [4.78, 5) is 2.52. The lowest BCUT2D eigenvalue weighted by Gasteiger charge is -2.21. The van der Waals surface area contributed by atoms with E-state index >= 15 is 0 Å². The highest BCUT2D eigenvalue weighted by Crippen LogP contribution is 2.29. The Morgan fingerprint density at radius 1 is 1.29 bits per heavy atom. The van der Waals surface area contributed by atoms with Crippen LogP contribution in [0.1, 0.15) is 44.0 Å². The van der Waals surface area contributed by atoms with E-state index in [0.717, 1.165) is 24.5 Å². The molecule has 3 rings (SSSR count). The van der Waals surface area contributed by atoms with Gasteiger partial charge in [-0.2, -0.15) is 5.10 Å². The Hall–Kier alpha value is -1.81. The summed E-state index contributed by atoms with van der Waals surface area (Å²) in [5, 5.41) is 4.67. The highest BCUT2D eigenvalue weighted by molar-refractivity contribution is 5.40. The van der Waals surface area contributed by atoms with Gasteiger partial charge in [0.2, 0.25) is 0 Å². The molecule has 1 aliphatic rings. The first-order valence-electron chi connectivity index (χ1n) is 7.74. The molecule has 0 bridgehead atoms. The van der Waals surface area contributed by atoms with Gasteiger partial charge in [0, 0.05) is 37.1 Å². The molecule has 2 N–H and O–H groups in total. The van der Waals surface area contributed by atoms with E-state index < -0.39 is 0 Å². The van der Waals surface area contributed by atoms with Crippen molar-refractivity contribution in [2.45, 2.75) is 51.9 Å². The average molecular weight is 284 g/mol. The maximum atomic E-state index is 5.88. The molecule has 1 aliphatic carbocycles. The number of benzene rings is 1. The van der Waals surface area contributed by atoms with Crippen LogP contribution in [0.3, 0.4) is 0 Å². The van der Waals surface area contributed by atoms with E-state index in [4.69, 9.17) is 5.73 Å². The Morgan fingerprint density at radius 3 is 2.71 bits per heavy atom. The summed E-state index contributed by atoms with van der Waals surface area (Å²) in [6, 6.07) is 11.5. The highest BCUT2D eigenvalue weighted by Gasteiger charge is 2.29. The molecule has 4 nitrogen and oxygen atoms in total. The number of anilines is 1. The summed E-state index contributed by atoms with van der Waals surface area (Å²) in [5.74, 6) is 0. The van der Waals surface area contributed by atoms with Gasteiger partial charge in [-0.1, -0.05) is 12.1 Å². The van der Waals surface area contributed by atoms with E-state index in [1.165, 1.54) is 18.4 Å². The smallest absolute Gasteiger partial charge is 0.0765 e. The molecule has 1 heterocycles. The second kappa shape index (κ2) is 5.90. The fourth-order valence-electron chi connectivity index (χ4n) is 2.64. The second-order valence-corrected chi connectivity index (χ2v) is 6.26. The maximum Gasteiger partial charge on any atom is 0.0765 e. The molecule has 1 saturated carbocycles. The predicted octanol–water partition coefficient (Wildman–Crippen LogP) is 3.21. The van der Waals surface area contributed by atoms with Crippen LogP contribution in [0.15, 0.2) is 36.5 Å². The molecule has 4 heteroatoms. The van der Waals surface area contributed by atoms with Crippen molar-refractivity contribution in [2.24, 2.45) is 0 Å². The van der Waals surface area contributed by atoms with Crippen molar-refractivity contribution in [3.63, 3.8) is 0 Å². The van der Waals surface area contributed by atoms with Gasteiger partial charge in [0.25, 0.3) is 0 Å². The minimum atomic E-state index is 0.419. The summed E-state index contributed by atoms with van der Waals surface area (Å²) in [7, 11) is 0. The lowest BCUT2D eigenvalue weighted by molar-refractivity contribution is 0.241. The van der Waals surface area contributed by atoms with E-state index in [1.807, 2.05) is 16.8 Å². The zero-order valence-electron chi connectivity index (χ0n) is 12.9. The predicted molar refractivity (Wildman–Crippen MR) is 85.7 cm³/mol. The third kappa shape index (κ3) is 3.64. The van der Waals surface area contributed by atoms with Crippen LogP contribution in [0.25, 0.3) is 0 Å². The van der Waals surface area contributed by atoms with Crippen LogP contribution in [-0.2, 0) is 13.1 Å². The van der Waals surface area contributed by atoms with Crippen molar-refractivity contribution in [1.29, 1.82) is 0 Å². The number of rotatable bonds is 6. The Bertz CT molecular complexity index is 598. The molecule has 0 radical (unpaired) electrons. The van der Waals surface area contributed by atoms with E-state index in [1.54, 1.807) is 0 Å².